The van der Waals surface area contributed by atoms with Crippen molar-refractivity contribution in [1.29, 1.82) is 0 Å². The maximum absolute atomic E-state index is 13.4. The van der Waals surface area contributed by atoms with E-state index < -0.39 is 67.4 Å². The number of esters is 1. The van der Waals surface area contributed by atoms with Crippen LogP contribution in [0.4, 0.5) is 0 Å². The van der Waals surface area contributed by atoms with Crippen molar-refractivity contribution in [2.75, 3.05) is 13.2 Å². The van der Waals surface area contributed by atoms with Crippen LogP contribution >= 0.6 is 0 Å². The monoisotopic (exact) mass is 1130 g/mol. The molecule has 1 rings (SSSR count). The number of carbonyl (C=O) groups excluding carboxylic acids is 2. The van der Waals surface area contributed by atoms with E-state index in [-0.39, 0.29) is 19.4 Å². The Kier molecular flexibility index (Phi) is 52.4. The fraction of sp³-hybridized carbons (Fsp3) is 0.686. The van der Waals surface area contributed by atoms with Crippen LogP contribution in [-0.4, -0.2) is 99.6 Å². The first-order valence-corrected chi connectivity index (χ1v) is 32.3. The lowest BCUT2D eigenvalue weighted by Gasteiger charge is -2.41. The normalized spacial score (nSPS) is 19.5. The van der Waals surface area contributed by atoms with Crippen molar-refractivity contribution in [2.45, 2.75) is 294 Å². The third-order valence-corrected chi connectivity index (χ3v) is 14.3. The van der Waals surface area contributed by atoms with Gasteiger partial charge in [0.1, 0.15) is 24.4 Å². The SMILES string of the molecule is CC/C=C\C/C=C\C/C=C\C/C=C\C/C=C\C/C=C\CCCCCC(O)C(=O)NC(COC1OC(CO)C(O)C(O)C1OC(=O)CCCCCCCC/C=C\C/C=C\C/C=C\CCCCC)C(O)/C=C/CCCCCCCCCCC. The molecule has 0 saturated carbocycles. The average molecular weight is 1130 g/mol. The highest BCUT2D eigenvalue weighted by atomic mass is 16.7. The van der Waals surface area contributed by atoms with Gasteiger partial charge in [-0.15, -0.1) is 0 Å². The number of rotatable bonds is 53. The molecular weight excluding hydrogens is 1010 g/mol. The molecule has 1 saturated heterocycles. The van der Waals surface area contributed by atoms with Gasteiger partial charge >= 0.3 is 5.97 Å². The Hall–Kier alpha value is -3.94. The van der Waals surface area contributed by atoms with Crippen LogP contribution in [0.3, 0.4) is 0 Å². The molecule has 6 N–H and O–H groups in total. The van der Waals surface area contributed by atoms with Gasteiger partial charge in [0.15, 0.2) is 12.4 Å². The van der Waals surface area contributed by atoms with Crippen molar-refractivity contribution >= 4 is 11.9 Å². The Morgan fingerprint density at radius 2 is 0.889 bits per heavy atom. The second-order valence-corrected chi connectivity index (χ2v) is 21.8. The molecule has 0 radical (unpaired) electrons. The standard InChI is InChI=1S/C70H117NO10/c1-4-7-10-13-16-19-22-24-26-28-30-31-32-34-35-37-39-42-45-48-51-54-57-63(74)69(78)71-61(62(73)56-53-50-47-44-41-21-18-15-12-9-6-3)60-79-70-68(67(77)66(76)64(59-72)80-70)81-65(75)58-55-52-49-46-43-40-38-36-33-29-27-25-23-20-17-14-11-8-5-2/h7,10,16-17,19-20,24-27,30-31,33-36,39,42,53,56,61-64,66-68,70,72-74,76-77H,4-6,8-9,11-15,18,21-23,28-29,32,37-38,40-41,43-52,54-55,57-60H2,1-3H3,(H,71,78)/b10-7-,19-16-,20-17-,26-24-,27-25-,31-30-,35-34-,36-33-,42-39-,56-53+. The van der Waals surface area contributed by atoms with Gasteiger partial charge in [0.2, 0.25) is 5.91 Å². The number of nitrogens with one attached hydrogen (secondary N) is 1. The molecule has 1 amide bonds. The molecule has 1 aliphatic heterocycles. The first-order chi connectivity index (χ1) is 39.7. The molecule has 81 heavy (non-hydrogen) atoms. The molecule has 1 fully saturated rings. The summed E-state index contributed by atoms with van der Waals surface area (Å²) < 4.78 is 17.6. The Morgan fingerprint density at radius 3 is 1.36 bits per heavy atom. The van der Waals surface area contributed by atoms with Gasteiger partial charge in [0, 0.05) is 6.42 Å². The summed E-state index contributed by atoms with van der Waals surface area (Å²) in [6, 6.07) is -1.05. The summed E-state index contributed by atoms with van der Waals surface area (Å²) in [4.78, 5) is 26.6. The lowest BCUT2D eigenvalue weighted by Crippen LogP contribution is -2.61. The van der Waals surface area contributed by atoms with E-state index in [4.69, 9.17) is 14.2 Å². The van der Waals surface area contributed by atoms with E-state index in [1.807, 2.05) is 6.08 Å². The number of amides is 1. The van der Waals surface area contributed by atoms with Crippen LogP contribution in [0, 0.1) is 0 Å². The third kappa shape index (κ3) is 44.3. The molecule has 0 bridgehead atoms. The van der Waals surface area contributed by atoms with E-state index in [0.29, 0.717) is 12.8 Å². The topological polar surface area (TPSA) is 175 Å². The minimum Gasteiger partial charge on any atom is -0.454 e. The fourth-order valence-corrected chi connectivity index (χ4v) is 9.25. The minimum absolute atomic E-state index is 0.0991. The molecule has 462 valence electrons. The molecule has 0 aromatic rings. The third-order valence-electron chi connectivity index (χ3n) is 14.3. The molecule has 1 heterocycles. The summed E-state index contributed by atoms with van der Waals surface area (Å²) in [5.41, 5.74) is 0. The van der Waals surface area contributed by atoms with Crippen molar-refractivity contribution in [1.82, 2.24) is 5.32 Å². The second kappa shape index (κ2) is 56.5. The first-order valence-electron chi connectivity index (χ1n) is 32.3. The minimum atomic E-state index is -1.63. The predicted molar refractivity (Wildman–Crippen MR) is 338 cm³/mol. The van der Waals surface area contributed by atoms with Gasteiger partial charge in [-0.1, -0.05) is 245 Å². The van der Waals surface area contributed by atoms with Crippen LogP contribution < -0.4 is 5.32 Å². The fourth-order valence-electron chi connectivity index (χ4n) is 9.25. The summed E-state index contributed by atoms with van der Waals surface area (Å²) in [5.74, 6) is -1.24. The summed E-state index contributed by atoms with van der Waals surface area (Å²) >= 11 is 0. The molecule has 0 aromatic carbocycles. The number of ether oxygens (including phenoxy) is 3. The second-order valence-electron chi connectivity index (χ2n) is 21.8. The predicted octanol–water partition coefficient (Wildman–Crippen LogP) is 15.8. The molecule has 1 aliphatic rings. The van der Waals surface area contributed by atoms with Gasteiger partial charge in [-0.2, -0.15) is 0 Å². The Morgan fingerprint density at radius 1 is 0.494 bits per heavy atom. The zero-order valence-electron chi connectivity index (χ0n) is 51.1. The van der Waals surface area contributed by atoms with Crippen molar-refractivity contribution < 1.29 is 49.3 Å². The molecule has 0 aliphatic carbocycles. The van der Waals surface area contributed by atoms with Gasteiger partial charge in [0.05, 0.1) is 25.4 Å². The van der Waals surface area contributed by atoms with Crippen LogP contribution in [0.1, 0.15) is 245 Å². The van der Waals surface area contributed by atoms with Crippen LogP contribution in [0.15, 0.2) is 122 Å². The van der Waals surface area contributed by atoms with Crippen molar-refractivity contribution in [3.8, 4) is 0 Å². The van der Waals surface area contributed by atoms with Crippen LogP contribution in [0.5, 0.6) is 0 Å². The summed E-state index contributed by atoms with van der Waals surface area (Å²) in [6.07, 6.45) is 68.0. The highest BCUT2D eigenvalue weighted by molar-refractivity contribution is 5.80. The lowest BCUT2D eigenvalue weighted by molar-refractivity contribution is -0.305. The van der Waals surface area contributed by atoms with Gasteiger partial charge < -0.3 is 45.1 Å². The molecule has 11 nitrogen and oxygen atoms in total. The first kappa shape index (κ1) is 75.1. The van der Waals surface area contributed by atoms with Crippen LogP contribution in [-0.2, 0) is 23.8 Å². The van der Waals surface area contributed by atoms with Gasteiger partial charge in [-0.25, -0.2) is 0 Å². The van der Waals surface area contributed by atoms with E-state index in [1.54, 1.807) is 6.08 Å². The largest absolute Gasteiger partial charge is 0.454 e. The maximum atomic E-state index is 13.4. The average Bonchev–Trinajstić information content (AvgIpc) is 3.52. The Labute approximate surface area is 493 Å². The van der Waals surface area contributed by atoms with E-state index in [0.717, 1.165) is 135 Å². The quantitative estimate of drug-likeness (QED) is 0.0195. The number of hydrogen-bond acceptors (Lipinski definition) is 10. The highest BCUT2D eigenvalue weighted by Crippen LogP contribution is 2.26. The highest BCUT2D eigenvalue weighted by Gasteiger charge is 2.47. The molecule has 8 atom stereocenters. The van der Waals surface area contributed by atoms with Gasteiger partial charge in [-0.3, -0.25) is 9.59 Å². The molecule has 0 spiro atoms. The van der Waals surface area contributed by atoms with Gasteiger partial charge in [-0.05, 0) is 116 Å². The number of aliphatic hydroxyl groups excluding tert-OH is 5. The van der Waals surface area contributed by atoms with Crippen LogP contribution in [0.25, 0.3) is 0 Å². The van der Waals surface area contributed by atoms with E-state index in [9.17, 15) is 35.1 Å². The number of allylic oxidation sites excluding steroid dienone is 19. The summed E-state index contributed by atoms with van der Waals surface area (Å²) in [6.45, 7) is 5.61. The van der Waals surface area contributed by atoms with E-state index in [1.165, 1.54) is 64.2 Å². The smallest absolute Gasteiger partial charge is 0.306 e. The Balaban J connectivity index is 2.68. The molecule has 8 unspecified atom stereocenters. The summed E-state index contributed by atoms with van der Waals surface area (Å²) in [5, 5.41) is 57.0. The van der Waals surface area contributed by atoms with Crippen molar-refractivity contribution in [3.63, 3.8) is 0 Å². The zero-order chi connectivity index (χ0) is 58.9. The van der Waals surface area contributed by atoms with Crippen molar-refractivity contribution in [3.05, 3.63) is 122 Å². The maximum Gasteiger partial charge on any atom is 0.306 e. The van der Waals surface area contributed by atoms with Gasteiger partial charge in [0.25, 0.3) is 0 Å². The van der Waals surface area contributed by atoms with Crippen LogP contribution in [0.2, 0.25) is 0 Å². The van der Waals surface area contributed by atoms with E-state index in [2.05, 4.69) is 135 Å². The lowest BCUT2D eigenvalue weighted by atomic mass is 9.99. The Bertz CT molecular complexity index is 1780. The molecular formula is C70H117NO10. The molecule has 0 aromatic heterocycles. The summed E-state index contributed by atoms with van der Waals surface area (Å²) in [7, 11) is 0. The van der Waals surface area contributed by atoms with E-state index >= 15 is 0 Å². The molecule has 11 heteroatoms. The zero-order valence-corrected chi connectivity index (χ0v) is 51.1. The number of carbonyl (C=O) groups is 2. The van der Waals surface area contributed by atoms with Crippen molar-refractivity contribution in [2.24, 2.45) is 0 Å². The number of aliphatic hydroxyl groups is 5. The number of hydrogen-bond donors (Lipinski definition) is 6. The number of unbranched alkanes of at least 4 members (excludes halogenated alkanes) is 21.